The molecule has 0 aliphatic carbocycles. The van der Waals surface area contributed by atoms with E-state index in [2.05, 4.69) is 16.0 Å². The molecular formula is C12H15ClN4O3S. The van der Waals surface area contributed by atoms with Gasteiger partial charge in [-0.2, -0.15) is 0 Å². The van der Waals surface area contributed by atoms with Gasteiger partial charge in [-0.1, -0.05) is 11.6 Å². The first-order valence-corrected chi connectivity index (χ1v) is 6.93. The molecule has 0 aliphatic rings. The molecule has 0 fully saturated rings. The Bertz CT molecular complexity index is 567. The number of anilines is 1. The van der Waals surface area contributed by atoms with Gasteiger partial charge in [-0.3, -0.25) is 14.9 Å². The smallest absolute Gasteiger partial charge is 0.271 e. The number of nitro benzene ring substituents is 1. The van der Waals surface area contributed by atoms with Crippen molar-refractivity contribution >= 4 is 46.2 Å². The molecule has 9 heteroatoms. The molecule has 0 unspecified atom stereocenters. The Balaban J connectivity index is 2.72. The number of carbonyl (C=O) groups excluding carboxylic acids is 1. The topological polar surface area (TPSA) is 96.3 Å². The number of amides is 1. The number of nitrogens with one attached hydrogen (secondary N) is 3. The summed E-state index contributed by atoms with van der Waals surface area (Å²) >= 11 is 11.0. The van der Waals surface area contributed by atoms with Gasteiger partial charge in [-0.05, 0) is 32.1 Å². The van der Waals surface area contributed by atoms with E-state index in [0.717, 1.165) is 0 Å². The van der Waals surface area contributed by atoms with Crippen molar-refractivity contribution in [3.05, 3.63) is 33.3 Å². The number of non-ortho nitro benzene ring substituents is 1. The lowest BCUT2D eigenvalue weighted by molar-refractivity contribution is -0.384. The fourth-order valence-corrected chi connectivity index (χ4v) is 1.92. The second-order valence-corrected chi connectivity index (χ2v) is 4.95. The lowest BCUT2D eigenvalue weighted by Gasteiger charge is -2.16. The van der Waals surface area contributed by atoms with Crippen LogP contribution in [0.2, 0.25) is 5.02 Å². The molecule has 0 aromatic heterocycles. The van der Waals surface area contributed by atoms with Crippen LogP contribution < -0.4 is 16.0 Å². The van der Waals surface area contributed by atoms with Gasteiger partial charge < -0.3 is 16.0 Å². The minimum Gasteiger partial charge on any atom is -0.355 e. The van der Waals surface area contributed by atoms with Crippen LogP contribution in [0.4, 0.5) is 11.4 Å². The Hall–Kier alpha value is -1.93. The molecule has 0 spiro atoms. The van der Waals surface area contributed by atoms with Crippen LogP contribution in [0.3, 0.4) is 0 Å². The quantitative estimate of drug-likeness (QED) is 0.434. The van der Waals surface area contributed by atoms with Crippen LogP contribution in [0.1, 0.15) is 13.8 Å². The van der Waals surface area contributed by atoms with E-state index >= 15 is 0 Å². The molecule has 3 N–H and O–H groups in total. The van der Waals surface area contributed by atoms with Gasteiger partial charge in [0.1, 0.15) is 6.04 Å². The van der Waals surface area contributed by atoms with Gasteiger partial charge in [-0.15, -0.1) is 0 Å². The number of hydrogen-bond donors (Lipinski definition) is 3. The van der Waals surface area contributed by atoms with Gasteiger partial charge in [0.05, 0.1) is 15.6 Å². The molecule has 0 saturated heterocycles. The van der Waals surface area contributed by atoms with Gasteiger partial charge >= 0.3 is 0 Å². The van der Waals surface area contributed by atoms with E-state index in [4.69, 9.17) is 23.8 Å². The average Bonchev–Trinajstić information content (AvgIpc) is 2.41. The molecule has 114 valence electrons. The Morgan fingerprint density at radius 1 is 1.52 bits per heavy atom. The Kier molecular flexibility index (Phi) is 6.32. The third-order valence-corrected chi connectivity index (χ3v) is 3.05. The molecule has 1 rings (SSSR count). The first kappa shape index (κ1) is 17.1. The number of nitrogens with zero attached hydrogens (tertiary/aromatic N) is 1. The second kappa shape index (κ2) is 7.75. The molecule has 0 saturated carbocycles. The number of rotatable bonds is 5. The zero-order chi connectivity index (χ0) is 16.0. The van der Waals surface area contributed by atoms with E-state index in [0.29, 0.717) is 12.2 Å². The van der Waals surface area contributed by atoms with E-state index in [9.17, 15) is 14.9 Å². The number of likely N-dealkylation sites (N-methyl/N-ethyl adjacent to an activating group) is 1. The summed E-state index contributed by atoms with van der Waals surface area (Å²) in [7, 11) is 0. The summed E-state index contributed by atoms with van der Waals surface area (Å²) in [5, 5.41) is 19.3. The highest BCUT2D eigenvalue weighted by Gasteiger charge is 2.14. The van der Waals surface area contributed by atoms with Crippen molar-refractivity contribution in [1.29, 1.82) is 0 Å². The number of halogens is 1. The van der Waals surface area contributed by atoms with Gasteiger partial charge in [0.15, 0.2) is 5.11 Å². The maximum absolute atomic E-state index is 11.6. The monoisotopic (exact) mass is 330 g/mol. The van der Waals surface area contributed by atoms with E-state index in [1.54, 1.807) is 6.92 Å². The molecule has 0 aliphatic heterocycles. The van der Waals surface area contributed by atoms with Crippen molar-refractivity contribution in [2.45, 2.75) is 19.9 Å². The lowest BCUT2D eigenvalue weighted by Crippen LogP contribution is -2.46. The van der Waals surface area contributed by atoms with Crippen molar-refractivity contribution in [2.24, 2.45) is 0 Å². The van der Waals surface area contributed by atoms with Crippen LogP contribution in [0.25, 0.3) is 0 Å². The molecule has 21 heavy (non-hydrogen) atoms. The molecule has 0 radical (unpaired) electrons. The zero-order valence-electron chi connectivity index (χ0n) is 11.5. The van der Waals surface area contributed by atoms with Crippen molar-refractivity contribution in [3.8, 4) is 0 Å². The highest BCUT2D eigenvalue weighted by atomic mass is 35.5. The van der Waals surface area contributed by atoms with Crippen molar-refractivity contribution in [2.75, 3.05) is 11.9 Å². The summed E-state index contributed by atoms with van der Waals surface area (Å²) in [4.78, 5) is 21.8. The Morgan fingerprint density at radius 2 is 2.19 bits per heavy atom. The molecule has 0 heterocycles. The highest BCUT2D eigenvalue weighted by Crippen LogP contribution is 2.26. The van der Waals surface area contributed by atoms with E-state index in [1.165, 1.54) is 18.2 Å². The molecule has 1 amide bonds. The summed E-state index contributed by atoms with van der Waals surface area (Å²) in [5.41, 5.74) is 0.188. The fraction of sp³-hybridized carbons (Fsp3) is 0.333. The summed E-state index contributed by atoms with van der Waals surface area (Å²) in [6.45, 7) is 3.97. The van der Waals surface area contributed by atoms with E-state index < -0.39 is 11.0 Å². The van der Waals surface area contributed by atoms with Crippen LogP contribution in [0.15, 0.2) is 18.2 Å². The number of nitro groups is 1. The number of thiocarbonyl (C=S) groups is 1. The summed E-state index contributed by atoms with van der Waals surface area (Å²) in [6, 6.07) is 3.43. The molecule has 1 aromatic rings. The van der Waals surface area contributed by atoms with Crippen molar-refractivity contribution in [1.82, 2.24) is 10.6 Å². The third kappa shape index (κ3) is 5.16. The fourth-order valence-electron chi connectivity index (χ4n) is 1.47. The number of benzene rings is 1. The first-order chi connectivity index (χ1) is 9.85. The van der Waals surface area contributed by atoms with E-state index in [-0.39, 0.29) is 21.7 Å². The standard InChI is InChI=1S/C12H15ClN4O3S/c1-3-14-11(18)7(2)15-12(21)16-10-6-8(17(19)20)4-5-9(10)13/h4-7H,3H2,1-2H3,(H,14,18)(H2,15,16,21)/t7-/m1/s1. The predicted molar refractivity (Wildman–Crippen MR) is 85.6 cm³/mol. The number of carbonyl (C=O) groups is 1. The third-order valence-electron chi connectivity index (χ3n) is 2.50. The molecule has 7 nitrogen and oxygen atoms in total. The van der Waals surface area contributed by atoms with Crippen LogP contribution in [-0.4, -0.2) is 28.5 Å². The zero-order valence-corrected chi connectivity index (χ0v) is 13.0. The van der Waals surface area contributed by atoms with Gasteiger partial charge in [0, 0.05) is 18.7 Å². The number of hydrogen-bond acceptors (Lipinski definition) is 4. The molecule has 1 aromatic carbocycles. The van der Waals surface area contributed by atoms with Crippen LogP contribution in [0.5, 0.6) is 0 Å². The highest BCUT2D eigenvalue weighted by molar-refractivity contribution is 7.80. The Morgan fingerprint density at radius 3 is 2.76 bits per heavy atom. The Labute approximate surface area is 132 Å². The van der Waals surface area contributed by atoms with Crippen molar-refractivity contribution < 1.29 is 9.72 Å². The van der Waals surface area contributed by atoms with Crippen molar-refractivity contribution in [3.63, 3.8) is 0 Å². The van der Waals surface area contributed by atoms with Crippen LogP contribution >= 0.6 is 23.8 Å². The summed E-state index contributed by atoms with van der Waals surface area (Å²) in [6.07, 6.45) is 0. The first-order valence-electron chi connectivity index (χ1n) is 6.14. The van der Waals surface area contributed by atoms with Gasteiger partial charge in [0.2, 0.25) is 5.91 Å². The summed E-state index contributed by atoms with van der Waals surface area (Å²) < 4.78 is 0. The summed E-state index contributed by atoms with van der Waals surface area (Å²) in [5.74, 6) is -0.202. The largest absolute Gasteiger partial charge is 0.355 e. The van der Waals surface area contributed by atoms with Gasteiger partial charge in [-0.25, -0.2) is 0 Å². The van der Waals surface area contributed by atoms with E-state index in [1.807, 2.05) is 6.92 Å². The lowest BCUT2D eigenvalue weighted by atomic mass is 10.3. The normalized spacial score (nSPS) is 11.4. The molecule has 0 bridgehead atoms. The van der Waals surface area contributed by atoms with Crippen LogP contribution in [-0.2, 0) is 4.79 Å². The molecule has 1 atom stereocenters. The van der Waals surface area contributed by atoms with Gasteiger partial charge in [0.25, 0.3) is 5.69 Å². The predicted octanol–water partition coefficient (Wildman–Crippen LogP) is 2.06. The second-order valence-electron chi connectivity index (χ2n) is 4.14. The SMILES string of the molecule is CCNC(=O)[C@@H](C)NC(=S)Nc1cc([N+](=O)[O-])ccc1Cl. The minimum absolute atomic E-state index is 0.110. The maximum Gasteiger partial charge on any atom is 0.271 e. The average molecular weight is 331 g/mol. The molecular weight excluding hydrogens is 316 g/mol. The maximum atomic E-state index is 11.6. The van der Waals surface area contributed by atoms with Crippen LogP contribution in [0, 0.1) is 10.1 Å². The minimum atomic E-state index is -0.539.